The number of aromatic nitrogens is 6. The number of carbonyl (C=O) groups is 1. The number of nitrogens with one attached hydrogen (secondary N) is 1. The third kappa shape index (κ3) is 5.41. The van der Waals surface area contributed by atoms with Crippen LogP contribution in [0.15, 0.2) is 91.0 Å². The molecule has 0 spiro atoms. The number of tetrazole rings is 1. The lowest BCUT2D eigenvalue weighted by Gasteiger charge is -2.19. The van der Waals surface area contributed by atoms with E-state index in [0.29, 0.717) is 11.4 Å². The normalized spacial score (nSPS) is 12.2. The zero-order valence-corrected chi connectivity index (χ0v) is 23.7. The predicted molar refractivity (Wildman–Crippen MR) is 168 cm³/mol. The van der Waals surface area contributed by atoms with E-state index in [1.165, 1.54) is 5.56 Å². The van der Waals surface area contributed by atoms with Crippen molar-refractivity contribution >= 4 is 29.5 Å². The first-order chi connectivity index (χ1) is 20.7. The summed E-state index contributed by atoms with van der Waals surface area (Å²) in [7, 11) is 0. The van der Waals surface area contributed by atoms with E-state index in [0.717, 1.165) is 70.2 Å². The van der Waals surface area contributed by atoms with Crippen molar-refractivity contribution in [3.63, 3.8) is 0 Å². The number of hydrogen-bond acceptors (Lipinski definition) is 5. The van der Waals surface area contributed by atoms with Gasteiger partial charge in [-0.1, -0.05) is 104 Å². The highest BCUT2D eigenvalue weighted by atomic mass is 16.1. The van der Waals surface area contributed by atoms with Gasteiger partial charge in [0.1, 0.15) is 5.82 Å². The van der Waals surface area contributed by atoms with Gasteiger partial charge in [-0.25, -0.2) is 4.98 Å². The highest BCUT2D eigenvalue weighted by molar-refractivity contribution is 5.92. The number of fused-ring (bicyclic) bond motifs is 1. The number of rotatable bonds is 10. The van der Waals surface area contributed by atoms with Crippen molar-refractivity contribution in [3.05, 3.63) is 119 Å². The Morgan fingerprint density at radius 3 is 2.36 bits per heavy atom. The SMILES string of the molecule is CCCCc1nc2cc(C=O)c(/C=C/c3ccccc3)cc2n1C(C)c1ccc(-c2ccccc2-c2nn[nH]n2)cc1. The molecule has 7 nitrogen and oxygen atoms in total. The second kappa shape index (κ2) is 12.1. The molecule has 2 aromatic heterocycles. The molecular weight excluding hydrogens is 520 g/mol. The minimum Gasteiger partial charge on any atom is -0.321 e. The third-order valence-corrected chi connectivity index (χ3v) is 7.71. The van der Waals surface area contributed by atoms with Gasteiger partial charge in [0.25, 0.3) is 0 Å². The van der Waals surface area contributed by atoms with Crippen LogP contribution >= 0.6 is 0 Å². The summed E-state index contributed by atoms with van der Waals surface area (Å²) >= 11 is 0. The summed E-state index contributed by atoms with van der Waals surface area (Å²) in [5.41, 5.74) is 8.70. The highest BCUT2D eigenvalue weighted by Gasteiger charge is 2.19. The van der Waals surface area contributed by atoms with Gasteiger partial charge >= 0.3 is 0 Å². The summed E-state index contributed by atoms with van der Waals surface area (Å²) in [5, 5.41) is 14.6. The van der Waals surface area contributed by atoms with E-state index >= 15 is 0 Å². The van der Waals surface area contributed by atoms with Crippen LogP contribution in [0.25, 0.3) is 45.7 Å². The molecule has 42 heavy (non-hydrogen) atoms. The number of unbranched alkanes of at least 4 members (excludes halogenated alkanes) is 1. The number of carbonyl (C=O) groups excluding carboxylic acids is 1. The smallest absolute Gasteiger partial charge is 0.205 e. The quantitative estimate of drug-likeness (QED) is 0.138. The molecule has 1 N–H and O–H groups in total. The molecule has 0 amide bonds. The minimum atomic E-state index is 0.0383. The van der Waals surface area contributed by atoms with E-state index in [-0.39, 0.29) is 6.04 Å². The number of aldehydes is 1. The highest BCUT2D eigenvalue weighted by Crippen LogP contribution is 2.33. The number of H-pyrrole nitrogens is 1. The average Bonchev–Trinajstić information content (AvgIpc) is 3.71. The summed E-state index contributed by atoms with van der Waals surface area (Å²) in [4.78, 5) is 17.1. The van der Waals surface area contributed by atoms with Crippen LogP contribution in [0.4, 0.5) is 0 Å². The molecule has 1 unspecified atom stereocenters. The van der Waals surface area contributed by atoms with Crippen molar-refractivity contribution in [2.24, 2.45) is 0 Å². The number of aromatic amines is 1. The molecule has 0 aliphatic heterocycles. The number of aryl methyl sites for hydroxylation is 1. The molecule has 0 saturated carbocycles. The maximum atomic E-state index is 12.1. The average molecular weight is 553 g/mol. The zero-order chi connectivity index (χ0) is 28.9. The molecule has 1 atom stereocenters. The molecule has 0 aliphatic carbocycles. The van der Waals surface area contributed by atoms with Crippen LogP contribution in [-0.4, -0.2) is 36.5 Å². The van der Waals surface area contributed by atoms with Gasteiger partial charge < -0.3 is 4.57 Å². The Morgan fingerprint density at radius 2 is 1.64 bits per heavy atom. The Kier molecular flexibility index (Phi) is 7.81. The van der Waals surface area contributed by atoms with Crippen molar-refractivity contribution in [1.29, 1.82) is 0 Å². The molecule has 0 saturated heterocycles. The third-order valence-electron chi connectivity index (χ3n) is 7.71. The molecule has 208 valence electrons. The van der Waals surface area contributed by atoms with Crippen molar-refractivity contribution < 1.29 is 4.79 Å². The first-order valence-electron chi connectivity index (χ1n) is 14.3. The fourth-order valence-corrected chi connectivity index (χ4v) is 5.46. The fourth-order valence-electron chi connectivity index (χ4n) is 5.46. The van der Waals surface area contributed by atoms with Gasteiger partial charge in [-0.05, 0) is 58.5 Å². The van der Waals surface area contributed by atoms with Crippen LogP contribution in [0.2, 0.25) is 0 Å². The lowest BCUT2D eigenvalue weighted by Crippen LogP contribution is -2.11. The first-order valence-corrected chi connectivity index (χ1v) is 14.3. The Morgan fingerprint density at radius 1 is 0.881 bits per heavy atom. The monoisotopic (exact) mass is 552 g/mol. The topological polar surface area (TPSA) is 89.4 Å². The molecule has 0 fully saturated rings. The molecule has 6 rings (SSSR count). The molecule has 2 heterocycles. The van der Waals surface area contributed by atoms with Gasteiger partial charge in [-0.3, -0.25) is 4.79 Å². The lowest BCUT2D eigenvalue weighted by atomic mass is 9.97. The van der Waals surface area contributed by atoms with E-state index in [2.05, 4.69) is 87.6 Å². The van der Waals surface area contributed by atoms with Crippen LogP contribution in [0, 0.1) is 0 Å². The molecule has 7 heteroatoms. The summed E-state index contributed by atoms with van der Waals surface area (Å²) < 4.78 is 2.34. The standard InChI is InChI=1S/C35H32N6O/c1-3-4-14-34-36-32-21-29(23-42)28(16-15-25-10-6-5-7-11-25)22-33(32)41(34)24(2)26-17-19-27(20-18-26)30-12-8-9-13-31(30)35-37-39-40-38-35/h5-13,15-24H,3-4,14H2,1-2H3,(H,37,38,39,40)/b16-15+. The first kappa shape index (κ1) is 27.0. The maximum Gasteiger partial charge on any atom is 0.205 e. The zero-order valence-electron chi connectivity index (χ0n) is 23.7. The minimum absolute atomic E-state index is 0.0383. The largest absolute Gasteiger partial charge is 0.321 e. The van der Waals surface area contributed by atoms with Crippen LogP contribution in [0.3, 0.4) is 0 Å². The molecule has 4 aromatic carbocycles. The summed E-state index contributed by atoms with van der Waals surface area (Å²) in [5.74, 6) is 1.60. The van der Waals surface area contributed by atoms with Crippen molar-refractivity contribution in [2.75, 3.05) is 0 Å². The van der Waals surface area contributed by atoms with E-state index in [1.54, 1.807) is 0 Å². The summed E-state index contributed by atoms with van der Waals surface area (Å²) in [6.07, 6.45) is 7.98. The Balaban J connectivity index is 1.40. The number of benzene rings is 4. The lowest BCUT2D eigenvalue weighted by molar-refractivity contribution is 0.112. The number of imidazole rings is 1. The van der Waals surface area contributed by atoms with Crippen molar-refractivity contribution in [2.45, 2.75) is 39.2 Å². The van der Waals surface area contributed by atoms with Crippen LogP contribution < -0.4 is 0 Å². The van der Waals surface area contributed by atoms with Gasteiger partial charge in [0.15, 0.2) is 6.29 Å². The van der Waals surface area contributed by atoms with Gasteiger partial charge in [-0.15, -0.1) is 10.2 Å². The predicted octanol–water partition coefficient (Wildman–Crippen LogP) is 7.82. The molecule has 6 aromatic rings. The molecule has 0 radical (unpaired) electrons. The summed E-state index contributed by atoms with van der Waals surface area (Å²) in [6.45, 7) is 4.41. The van der Waals surface area contributed by atoms with Crippen LogP contribution in [0.5, 0.6) is 0 Å². The van der Waals surface area contributed by atoms with Gasteiger partial charge in [0.05, 0.1) is 17.1 Å². The molecular formula is C35H32N6O. The van der Waals surface area contributed by atoms with E-state index in [4.69, 9.17) is 4.98 Å². The second-order valence-electron chi connectivity index (χ2n) is 10.4. The van der Waals surface area contributed by atoms with Gasteiger partial charge in [0, 0.05) is 17.5 Å². The Labute approximate surface area is 245 Å². The fraction of sp³-hybridized carbons (Fsp3) is 0.171. The van der Waals surface area contributed by atoms with Crippen LogP contribution in [0.1, 0.15) is 65.6 Å². The van der Waals surface area contributed by atoms with Crippen LogP contribution in [-0.2, 0) is 6.42 Å². The number of hydrogen-bond donors (Lipinski definition) is 1. The number of nitrogens with zero attached hydrogens (tertiary/aromatic N) is 5. The van der Waals surface area contributed by atoms with Crippen molar-refractivity contribution in [3.8, 4) is 22.5 Å². The maximum absolute atomic E-state index is 12.1. The molecule has 0 aliphatic rings. The Bertz CT molecular complexity index is 1840. The summed E-state index contributed by atoms with van der Waals surface area (Å²) in [6, 6.07) is 30.9. The van der Waals surface area contributed by atoms with E-state index in [9.17, 15) is 4.79 Å². The van der Waals surface area contributed by atoms with E-state index in [1.807, 2.05) is 54.6 Å². The van der Waals surface area contributed by atoms with E-state index < -0.39 is 0 Å². The molecule has 0 bridgehead atoms. The Hall–Kier alpha value is -5.17. The second-order valence-corrected chi connectivity index (χ2v) is 10.4. The van der Waals surface area contributed by atoms with Gasteiger partial charge in [0.2, 0.25) is 5.82 Å². The van der Waals surface area contributed by atoms with Gasteiger partial charge in [-0.2, -0.15) is 5.21 Å². The van der Waals surface area contributed by atoms with Crippen molar-refractivity contribution in [1.82, 2.24) is 30.2 Å².